The molecule has 1 aliphatic heterocycles. The van der Waals surface area contributed by atoms with Gasteiger partial charge in [-0.2, -0.15) is 0 Å². The molecule has 2 heterocycles. The van der Waals surface area contributed by atoms with Crippen LogP contribution in [0.25, 0.3) is 17.4 Å². The predicted molar refractivity (Wildman–Crippen MR) is 119 cm³/mol. The third-order valence-electron chi connectivity index (χ3n) is 4.86. The predicted octanol–water partition coefficient (Wildman–Crippen LogP) is 5.84. The molecule has 0 spiro atoms. The molecular weight excluding hydrogens is 438 g/mol. The highest BCUT2D eigenvalue weighted by atomic mass is 35.5. The van der Waals surface area contributed by atoms with Gasteiger partial charge in [-0.05, 0) is 60.1 Å². The fraction of sp³-hybridized carbons (Fsp3) is 0.0870. The van der Waals surface area contributed by atoms with E-state index in [1.807, 2.05) is 0 Å². The topological polar surface area (TPSA) is 87.8 Å². The molecule has 2 amide bonds. The summed E-state index contributed by atoms with van der Waals surface area (Å²) in [4.78, 5) is 37.9. The van der Waals surface area contributed by atoms with Crippen LogP contribution >= 0.6 is 23.4 Å². The molecule has 6 nitrogen and oxygen atoms in total. The first-order valence-corrected chi connectivity index (χ1v) is 10.5. The van der Waals surface area contributed by atoms with Crippen LogP contribution in [0.4, 0.5) is 4.79 Å². The summed E-state index contributed by atoms with van der Waals surface area (Å²) < 4.78 is 5.82. The van der Waals surface area contributed by atoms with Gasteiger partial charge in [0.1, 0.15) is 11.5 Å². The molecule has 0 aliphatic carbocycles. The number of amides is 2. The fourth-order valence-corrected chi connectivity index (χ4v) is 4.19. The van der Waals surface area contributed by atoms with Crippen molar-refractivity contribution < 1.29 is 23.9 Å². The van der Waals surface area contributed by atoms with Crippen molar-refractivity contribution in [1.82, 2.24) is 4.90 Å². The summed E-state index contributed by atoms with van der Waals surface area (Å²) in [5, 5.41) is 9.53. The van der Waals surface area contributed by atoms with E-state index in [0.29, 0.717) is 27.7 Å². The number of hydrogen-bond donors (Lipinski definition) is 1. The molecule has 156 valence electrons. The number of furan rings is 1. The number of hydrogen-bond acceptors (Lipinski definition) is 5. The van der Waals surface area contributed by atoms with E-state index in [0.717, 1.165) is 17.3 Å². The number of thioether (sulfide) groups is 1. The Morgan fingerprint density at radius 1 is 1.13 bits per heavy atom. The fourth-order valence-electron chi connectivity index (χ4n) is 3.25. The Kier molecular flexibility index (Phi) is 5.71. The molecule has 8 heteroatoms. The van der Waals surface area contributed by atoms with E-state index in [9.17, 15) is 19.5 Å². The number of carboxylic acid groups (broad SMARTS) is 1. The van der Waals surface area contributed by atoms with Crippen LogP contribution in [0.5, 0.6) is 0 Å². The molecule has 0 unspecified atom stereocenters. The monoisotopic (exact) mass is 453 g/mol. The van der Waals surface area contributed by atoms with E-state index in [4.69, 9.17) is 16.0 Å². The molecule has 31 heavy (non-hydrogen) atoms. The van der Waals surface area contributed by atoms with Gasteiger partial charge in [-0.25, -0.2) is 4.79 Å². The van der Waals surface area contributed by atoms with Crippen molar-refractivity contribution in [3.05, 3.63) is 87.0 Å². The highest BCUT2D eigenvalue weighted by Gasteiger charge is 2.35. The third-order valence-corrected chi connectivity index (χ3v) is 6.02. The number of imide groups is 1. The van der Waals surface area contributed by atoms with Gasteiger partial charge in [0.2, 0.25) is 0 Å². The zero-order valence-electron chi connectivity index (χ0n) is 16.3. The Labute approximate surface area is 187 Å². The molecule has 1 saturated heterocycles. The van der Waals surface area contributed by atoms with Crippen LogP contribution < -0.4 is 0 Å². The lowest BCUT2D eigenvalue weighted by Gasteiger charge is -2.12. The van der Waals surface area contributed by atoms with Gasteiger partial charge in [-0.15, -0.1) is 0 Å². The van der Waals surface area contributed by atoms with Crippen molar-refractivity contribution in [1.29, 1.82) is 0 Å². The van der Waals surface area contributed by atoms with Crippen molar-refractivity contribution in [2.45, 2.75) is 13.5 Å². The van der Waals surface area contributed by atoms with Gasteiger partial charge >= 0.3 is 5.97 Å². The normalized spacial score (nSPS) is 15.2. The number of carboxylic acids is 1. The second kappa shape index (κ2) is 8.45. The number of benzene rings is 2. The maximum Gasteiger partial charge on any atom is 0.335 e. The number of rotatable bonds is 5. The largest absolute Gasteiger partial charge is 0.478 e. The van der Waals surface area contributed by atoms with Crippen LogP contribution in [0.3, 0.4) is 0 Å². The average molecular weight is 454 g/mol. The van der Waals surface area contributed by atoms with E-state index >= 15 is 0 Å². The van der Waals surface area contributed by atoms with Gasteiger partial charge in [-0.3, -0.25) is 14.5 Å². The number of nitrogens with zero attached hydrogens (tertiary/aromatic N) is 1. The van der Waals surface area contributed by atoms with Gasteiger partial charge in [0.15, 0.2) is 0 Å². The van der Waals surface area contributed by atoms with E-state index in [1.54, 1.807) is 55.5 Å². The van der Waals surface area contributed by atoms with Crippen molar-refractivity contribution in [3.8, 4) is 11.3 Å². The lowest BCUT2D eigenvalue weighted by atomic mass is 10.0. The van der Waals surface area contributed by atoms with Gasteiger partial charge < -0.3 is 9.52 Å². The lowest BCUT2D eigenvalue weighted by Crippen LogP contribution is -2.27. The quantitative estimate of drug-likeness (QED) is 0.488. The molecule has 1 aliphatic rings. The Balaban J connectivity index is 1.56. The van der Waals surface area contributed by atoms with Crippen molar-refractivity contribution in [2.24, 2.45) is 0 Å². The first-order chi connectivity index (χ1) is 14.8. The van der Waals surface area contributed by atoms with Crippen LogP contribution in [0.15, 0.2) is 63.9 Å². The summed E-state index contributed by atoms with van der Waals surface area (Å²) in [6, 6.07) is 15.3. The second-order valence-electron chi connectivity index (χ2n) is 6.88. The molecule has 4 rings (SSSR count). The SMILES string of the molecule is Cc1c(C(=O)O)cccc1-c1ccc(/C=C2\SC(=O)N(Cc3ccc(Cl)cc3)C2=O)o1. The zero-order valence-corrected chi connectivity index (χ0v) is 17.9. The number of carbonyl (C=O) groups excluding carboxylic acids is 2. The molecule has 0 radical (unpaired) electrons. The van der Waals surface area contributed by atoms with Crippen molar-refractivity contribution >= 4 is 46.6 Å². The zero-order chi connectivity index (χ0) is 22.1. The van der Waals surface area contributed by atoms with E-state index < -0.39 is 11.9 Å². The Morgan fingerprint density at radius 2 is 1.87 bits per heavy atom. The maximum atomic E-state index is 12.7. The van der Waals surface area contributed by atoms with Crippen molar-refractivity contribution in [2.75, 3.05) is 0 Å². The summed E-state index contributed by atoms with van der Waals surface area (Å²) in [7, 11) is 0. The maximum absolute atomic E-state index is 12.7. The Hall–Kier alpha value is -3.29. The van der Waals surface area contributed by atoms with Crippen LogP contribution in [-0.4, -0.2) is 27.1 Å². The van der Waals surface area contributed by atoms with E-state index in [2.05, 4.69) is 0 Å². The third kappa shape index (κ3) is 4.28. The minimum Gasteiger partial charge on any atom is -0.478 e. The second-order valence-corrected chi connectivity index (χ2v) is 8.31. The molecule has 1 aromatic heterocycles. The van der Waals surface area contributed by atoms with Crippen LogP contribution in [0.1, 0.15) is 27.2 Å². The first-order valence-electron chi connectivity index (χ1n) is 9.26. The molecular formula is C23H16ClNO5S. The van der Waals surface area contributed by atoms with Gasteiger partial charge in [0.05, 0.1) is 17.0 Å². The summed E-state index contributed by atoms with van der Waals surface area (Å²) in [6.07, 6.45) is 1.52. The molecule has 0 bridgehead atoms. The molecule has 1 N–H and O–H groups in total. The Morgan fingerprint density at radius 3 is 2.58 bits per heavy atom. The standard InChI is InChI=1S/C23H16ClNO5S/c1-13-17(3-2-4-18(13)22(27)28)19-10-9-16(30-19)11-20-21(26)25(23(29)31-20)12-14-5-7-15(24)8-6-14/h2-11H,12H2,1H3,(H,27,28)/b20-11-. The summed E-state index contributed by atoms with van der Waals surface area (Å²) in [5.41, 5.74) is 2.22. The summed E-state index contributed by atoms with van der Waals surface area (Å²) in [6.45, 7) is 1.87. The highest BCUT2D eigenvalue weighted by Crippen LogP contribution is 2.35. The van der Waals surface area contributed by atoms with Crippen LogP contribution in [0.2, 0.25) is 5.02 Å². The van der Waals surface area contributed by atoms with E-state index in [1.165, 1.54) is 17.0 Å². The van der Waals surface area contributed by atoms with Crippen LogP contribution in [-0.2, 0) is 11.3 Å². The lowest BCUT2D eigenvalue weighted by molar-refractivity contribution is -0.123. The first kappa shape index (κ1) is 21.0. The molecule has 2 aromatic carbocycles. The van der Waals surface area contributed by atoms with Crippen molar-refractivity contribution in [3.63, 3.8) is 0 Å². The molecule has 1 fully saturated rings. The molecule has 0 saturated carbocycles. The molecule has 3 aromatic rings. The van der Waals surface area contributed by atoms with Gasteiger partial charge in [-0.1, -0.05) is 35.9 Å². The number of halogens is 1. The highest BCUT2D eigenvalue weighted by molar-refractivity contribution is 8.18. The Bertz CT molecular complexity index is 1230. The smallest absolute Gasteiger partial charge is 0.335 e. The number of carbonyl (C=O) groups is 3. The van der Waals surface area contributed by atoms with Crippen LogP contribution in [0, 0.1) is 6.92 Å². The van der Waals surface area contributed by atoms with E-state index in [-0.39, 0.29) is 22.3 Å². The summed E-state index contributed by atoms with van der Waals surface area (Å²) >= 11 is 6.73. The number of aromatic carboxylic acids is 1. The average Bonchev–Trinajstić information content (AvgIpc) is 3.30. The minimum absolute atomic E-state index is 0.157. The van der Waals surface area contributed by atoms with Gasteiger partial charge in [0, 0.05) is 16.7 Å². The molecule has 0 atom stereocenters. The summed E-state index contributed by atoms with van der Waals surface area (Å²) in [5.74, 6) is -0.535. The van der Waals surface area contributed by atoms with Gasteiger partial charge in [0.25, 0.3) is 11.1 Å². The minimum atomic E-state index is -1.01.